The van der Waals surface area contributed by atoms with Gasteiger partial charge in [0, 0.05) is 25.3 Å². The van der Waals surface area contributed by atoms with E-state index >= 15 is 0 Å². The first-order chi connectivity index (χ1) is 9.04. The molecular weight excluding hydrogens is 236 g/mol. The van der Waals surface area contributed by atoms with Crippen LogP contribution in [0.25, 0.3) is 0 Å². The number of hydrogen-bond acceptors (Lipinski definition) is 4. The highest BCUT2D eigenvalue weighted by molar-refractivity contribution is 5.47. The molecule has 0 aliphatic heterocycles. The Morgan fingerprint density at radius 3 is 2.63 bits per heavy atom. The average molecular weight is 264 g/mol. The molecule has 108 valence electrons. The fraction of sp³-hybridized carbons (Fsp3) is 0.667. The summed E-state index contributed by atoms with van der Waals surface area (Å²) in [5, 5.41) is 0. The van der Waals surface area contributed by atoms with E-state index in [2.05, 4.69) is 41.9 Å². The van der Waals surface area contributed by atoms with E-state index in [0.29, 0.717) is 0 Å². The molecule has 0 radical (unpaired) electrons. The molecule has 0 aliphatic carbocycles. The summed E-state index contributed by atoms with van der Waals surface area (Å²) in [6.07, 6.45) is 3.90. The topological polar surface area (TPSA) is 45.4 Å². The third kappa shape index (κ3) is 5.57. The van der Waals surface area contributed by atoms with Gasteiger partial charge in [-0.15, -0.1) is 0 Å². The van der Waals surface area contributed by atoms with Crippen molar-refractivity contribution in [2.45, 2.75) is 32.7 Å². The van der Waals surface area contributed by atoms with Crippen molar-refractivity contribution in [3.63, 3.8) is 0 Å². The molecule has 0 aromatic carbocycles. The van der Waals surface area contributed by atoms with Crippen LogP contribution in [0.5, 0.6) is 0 Å². The van der Waals surface area contributed by atoms with Gasteiger partial charge in [0.1, 0.15) is 5.82 Å². The highest BCUT2D eigenvalue weighted by Crippen LogP contribution is 2.18. The summed E-state index contributed by atoms with van der Waals surface area (Å²) < 4.78 is 0. The minimum absolute atomic E-state index is 0.170. The van der Waals surface area contributed by atoms with Gasteiger partial charge in [0.2, 0.25) is 0 Å². The number of pyridine rings is 1. The summed E-state index contributed by atoms with van der Waals surface area (Å²) >= 11 is 0. The first kappa shape index (κ1) is 15.9. The molecule has 0 amide bonds. The van der Waals surface area contributed by atoms with Crippen LogP contribution < -0.4 is 10.6 Å². The second-order valence-corrected chi connectivity index (χ2v) is 5.40. The summed E-state index contributed by atoms with van der Waals surface area (Å²) in [6, 6.07) is 4.30. The molecule has 0 saturated heterocycles. The predicted octanol–water partition coefficient (Wildman–Crippen LogP) is 1.75. The molecule has 0 bridgehead atoms. The van der Waals surface area contributed by atoms with Gasteiger partial charge in [0.25, 0.3) is 0 Å². The van der Waals surface area contributed by atoms with E-state index in [-0.39, 0.29) is 6.04 Å². The van der Waals surface area contributed by atoms with Crippen molar-refractivity contribution >= 4 is 5.82 Å². The smallest absolute Gasteiger partial charge is 0.131 e. The zero-order valence-electron chi connectivity index (χ0n) is 12.8. The predicted molar refractivity (Wildman–Crippen MR) is 82.6 cm³/mol. The quantitative estimate of drug-likeness (QED) is 0.777. The first-order valence-corrected chi connectivity index (χ1v) is 7.13. The van der Waals surface area contributed by atoms with Gasteiger partial charge in [0.15, 0.2) is 0 Å². The number of nitrogens with zero attached hydrogens (tertiary/aromatic N) is 3. The standard InChI is InChI=1S/C15H28N4/c1-5-19(11-7-10-18(3)4)15-14(12-13(2)16)8-6-9-17-15/h6,8-9,13H,5,7,10-12,16H2,1-4H3. The van der Waals surface area contributed by atoms with E-state index in [1.807, 2.05) is 19.2 Å². The molecular formula is C15H28N4. The van der Waals surface area contributed by atoms with E-state index in [9.17, 15) is 0 Å². The van der Waals surface area contributed by atoms with E-state index in [1.165, 1.54) is 5.56 Å². The Morgan fingerprint density at radius 1 is 1.32 bits per heavy atom. The second-order valence-electron chi connectivity index (χ2n) is 5.40. The van der Waals surface area contributed by atoms with E-state index in [1.54, 1.807) is 0 Å². The number of nitrogens with two attached hydrogens (primary N) is 1. The van der Waals surface area contributed by atoms with Gasteiger partial charge in [-0.3, -0.25) is 0 Å². The van der Waals surface area contributed by atoms with Crippen molar-refractivity contribution in [3.05, 3.63) is 23.9 Å². The normalized spacial score (nSPS) is 12.7. The van der Waals surface area contributed by atoms with Crippen LogP contribution in [-0.4, -0.2) is 49.7 Å². The van der Waals surface area contributed by atoms with E-state index < -0.39 is 0 Å². The molecule has 4 heteroatoms. The lowest BCUT2D eigenvalue weighted by atomic mass is 10.1. The van der Waals surface area contributed by atoms with E-state index in [4.69, 9.17) is 5.73 Å². The third-order valence-electron chi connectivity index (χ3n) is 3.12. The highest BCUT2D eigenvalue weighted by atomic mass is 15.2. The average Bonchev–Trinajstić information content (AvgIpc) is 2.35. The molecule has 1 aromatic heterocycles. The first-order valence-electron chi connectivity index (χ1n) is 7.13. The van der Waals surface area contributed by atoms with Crippen LogP contribution in [0.1, 0.15) is 25.8 Å². The molecule has 1 aromatic rings. The lowest BCUT2D eigenvalue weighted by Gasteiger charge is -2.25. The number of hydrogen-bond donors (Lipinski definition) is 1. The summed E-state index contributed by atoms with van der Waals surface area (Å²) in [6.45, 7) is 7.35. The monoisotopic (exact) mass is 264 g/mol. The Balaban J connectivity index is 2.73. The number of anilines is 1. The Hall–Kier alpha value is -1.13. The molecule has 0 saturated carbocycles. The minimum atomic E-state index is 0.170. The van der Waals surface area contributed by atoms with Gasteiger partial charge in [0.05, 0.1) is 0 Å². The fourth-order valence-electron chi connectivity index (χ4n) is 2.21. The molecule has 1 unspecified atom stereocenters. The molecule has 0 spiro atoms. The fourth-order valence-corrected chi connectivity index (χ4v) is 2.21. The van der Waals surface area contributed by atoms with Crippen molar-refractivity contribution in [1.29, 1.82) is 0 Å². The molecule has 2 N–H and O–H groups in total. The van der Waals surface area contributed by atoms with Gasteiger partial charge in [-0.05, 0) is 59.0 Å². The second kappa shape index (κ2) is 8.12. The Morgan fingerprint density at radius 2 is 2.05 bits per heavy atom. The summed E-state index contributed by atoms with van der Waals surface area (Å²) in [7, 11) is 4.22. The van der Waals surface area contributed by atoms with Gasteiger partial charge in [-0.2, -0.15) is 0 Å². The maximum Gasteiger partial charge on any atom is 0.131 e. The molecule has 1 rings (SSSR count). The maximum absolute atomic E-state index is 5.92. The van der Waals surface area contributed by atoms with Gasteiger partial charge in [-0.25, -0.2) is 4.98 Å². The SMILES string of the molecule is CCN(CCCN(C)C)c1ncccc1CC(C)N. The van der Waals surface area contributed by atoms with Crippen molar-refractivity contribution < 1.29 is 0 Å². The van der Waals surface area contributed by atoms with Gasteiger partial charge >= 0.3 is 0 Å². The maximum atomic E-state index is 5.92. The van der Waals surface area contributed by atoms with Crippen LogP contribution >= 0.6 is 0 Å². The zero-order valence-corrected chi connectivity index (χ0v) is 12.8. The molecule has 1 heterocycles. The van der Waals surface area contributed by atoms with Crippen LogP contribution in [0.4, 0.5) is 5.82 Å². The van der Waals surface area contributed by atoms with Crippen molar-refractivity contribution in [3.8, 4) is 0 Å². The lowest BCUT2D eigenvalue weighted by molar-refractivity contribution is 0.400. The molecule has 1 atom stereocenters. The molecule has 19 heavy (non-hydrogen) atoms. The molecule has 4 nitrogen and oxygen atoms in total. The molecule has 0 aliphatic rings. The number of aromatic nitrogens is 1. The van der Waals surface area contributed by atoms with Gasteiger partial charge < -0.3 is 15.5 Å². The van der Waals surface area contributed by atoms with Crippen molar-refractivity contribution in [2.24, 2.45) is 5.73 Å². The van der Waals surface area contributed by atoms with E-state index in [0.717, 1.165) is 38.3 Å². The highest BCUT2D eigenvalue weighted by Gasteiger charge is 2.12. The van der Waals surface area contributed by atoms with Crippen molar-refractivity contribution in [2.75, 3.05) is 38.6 Å². The summed E-state index contributed by atoms with van der Waals surface area (Å²) in [5.74, 6) is 1.10. The van der Waals surface area contributed by atoms with Gasteiger partial charge in [-0.1, -0.05) is 6.07 Å². The zero-order chi connectivity index (χ0) is 14.3. The summed E-state index contributed by atoms with van der Waals surface area (Å²) in [5.41, 5.74) is 7.18. The van der Waals surface area contributed by atoms with Crippen LogP contribution in [0.2, 0.25) is 0 Å². The van der Waals surface area contributed by atoms with Crippen LogP contribution in [-0.2, 0) is 6.42 Å². The van der Waals surface area contributed by atoms with Crippen LogP contribution in [0.15, 0.2) is 18.3 Å². The Labute approximate surface area is 117 Å². The Kier molecular flexibility index (Phi) is 6.81. The molecule has 0 fully saturated rings. The lowest BCUT2D eigenvalue weighted by Crippen LogP contribution is -2.29. The third-order valence-corrected chi connectivity index (χ3v) is 3.12. The van der Waals surface area contributed by atoms with Crippen LogP contribution in [0.3, 0.4) is 0 Å². The largest absolute Gasteiger partial charge is 0.357 e. The Bertz CT molecular complexity index is 363. The van der Waals surface area contributed by atoms with Crippen LogP contribution in [0, 0.1) is 0 Å². The minimum Gasteiger partial charge on any atom is -0.357 e. The number of rotatable bonds is 8. The van der Waals surface area contributed by atoms with Crippen molar-refractivity contribution in [1.82, 2.24) is 9.88 Å². The summed E-state index contributed by atoms with van der Waals surface area (Å²) in [4.78, 5) is 9.12.